The molecule has 1 aliphatic carbocycles. The number of nitrogens with zero attached hydrogens (tertiary/aromatic N) is 1. The molecule has 1 N–H and O–H groups in total. The van der Waals surface area contributed by atoms with Crippen molar-refractivity contribution in [1.29, 1.82) is 0 Å². The molecule has 0 aliphatic heterocycles. The number of oxime groups is 1. The Morgan fingerprint density at radius 1 is 1.31 bits per heavy atom. The Bertz CT molecular complexity index is 481. The summed E-state index contributed by atoms with van der Waals surface area (Å²) in [6, 6.07) is 5.90. The third-order valence-corrected chi connectivity index (χ3v) is 2.96. The lowest BCUT2D eigenvalue weighted by Crippen LogP contribution is -2.12. The molecule has 0 spiro atoms. The van der Waals surface area contributed by atoms with Crippen molar-refractivity contribution in [2.24, 2.45) is 5.16 Å². The molecular weight excluding hydrogens is 202 g/mol. The van der Waals surface area contributed by atoms with Crippen LogP contribution in [0.5, 0.6) is 0 Å². The Hall–Kier alpha value is -1.64. The highest BCUT2D eigenvalue weighted by molar-refractivity contribution is 6.49. The fraction of sp³-hybridized carbons (Fsp3) is 0.385. The largest absolute Gasteiger partial charge is 0.411 e. The van der Waals surface area contributed by atoms with E-state index in [2.05, 4.69) is 25.9 Å². The summed E-state index contributed by atoms with van der Waals surface area (Å²) >= 11 is 0. The topological polar surface area (TPSA) is 49.7 Å². The Labute approximate surface area is 94.8 Å². The predicted molar refractivity (Wildman–Crippen MR) is 62.4 cm³/mol. The zero-order valence-corrected chi connectivity index (χ0v) is 9.74. The monoisotopic (exact) mass is 217 g/mol. The van der Waals surface area contributed by atoms with Crippen LogP contribution in [0.15, 0.2) is 23.4 Å². The van der Waals surface area contributed by atoms with Gasteiger partial charge in [-0.15, -0.1) is 0 Å². The van der Waals surface area contributed by atoms with Crippen LogP contribution < -0.4 is 0 Å². The number of ketones is 1. The summed E-state index contributed by atoms with van der Waals surface area (Å²) in [4.78, 5) is 11.8. The second kappa shape index (κ2) is 3.44. The van der Waals surface area contributed by atoms with Gasteiger partial charge in [-0.05, 0) is 22.6 Å². The predicted octanol–water partition coefficient (Wildman–Crippen LogP) is 2.55. The minimum absolute atomic E-state index is 0.0222. The molecule has 1 aromatic rings. The Morgan fingerprint density at radius 3 is 2.56 bits per heavy atom. The van der Waals surface area contributed by atoms with E-state index >= 15 is 0 Å². The number of carbonyl (C=O) groups excluding carboxylic acids is 1. The lowest BCUT2D eigenvalue weighted by atomic mass is 9.85. The van der Waals surface area contributed by atoms with Crippen molar-refractivity contribution in [1.82, 2.24) is 0 Å². The van der Waals surface area contributed by atoms with Gasteiger partial charge >= 0.3 is 0 Å². The molecule has 0 unspecified atom stereocenters. The SMILES string of the molecule is CC(C)(C)c1ccc2c(c1)C(=O)/C(=N/O)C2. The average Bonchev–Trinajstić information content (AvgIpc) is 2.54. The first kappa shape index (κ1) is 10.9. The molecule has 0 aromatic heterocycles. The van der Waals surface area contributed by atoms with Crippen LogP contribution >= 0.6 is 0 Å². The maximum atomic E-state index is 11.8. The number of hydrogen-bond acceptors (Lipinski definition) is 3. The number of hydrogen-bond donors (Lipinski definition) is 1. The second-order valence-corrected chi connectivity index (χ2v) is 5.17. The molecule has 0 bridgehead atoms. The minimum atomic E-state index is -0.149. The van der Waals surface area contributed by atoms with Crippen LogP contribution in [0.2, 0.25) is 0 Å². The van der Waals surface area contributed by atoms with Crippen LogP contribution in [0.3, 0.4) is 0 Å². The maximum Gasteiger partial charge on any atom is 0.211 e. The fourth-order valence-corrected chi connectivity index (χ4v) is 1.91. The molecule has 0 saturated heterocycles. The quantitative estimate of drug-likeness (QED) is 0.536. The zero-order chi connectivity index (χ0) is 11.9. The van der Waals surface area contributed by atoms with Gasteiger partial charge in [0, 0.05) is 12.0 Å². The molecule has 0 atom stereocenters. The normalized spacial score (nSPS) is 17.9. The van der Waals surface area contributed by atoms with Gasteiger partial charge in [-0.3, -0.25) is 4.79 Å². The lowest BCUT2D eigenvalue weighted by Gasteiger charge is -2.19. The van der Waals surface area contributed by atoms with E-state index in [0.717, 1.165) is 11.1 Å². The van der Waals surface area contributed by atoms with Gasteiger partial charge in [-0.1, -0.05) is 38.1 Å². The second-order valence-electron chi connectivity index (χ2n) is 5.17. The summed E-state index contributed by atoms with van der Waals surface area (Å²) in [6.45, 7) is 6.32. The van der Waals surface area contributed by atoms with Crippen LogP contribution in [-0.2, 0) is 11.8 Å². The highest BCUT2D eigenvalue weighted by Crippen LogP contribution is 2.28. The summed E-state index contributed by atoms with van der Waals surface area (Å²) in [5, 5.41) is 11.7. The van der Waals surface area contributed by atoms with Crippen LogP contribution in [-0.4, -0.2) is 16.7 Å². The third kappa shape index (κ3) is 1.62. The van der Waals surface area contributed by atoms with Gasteiger partial charge in [0.05, 0.1) is 0 Å². The minimum Gasteiger partial charge on any atom is -0.411 e. The molecule has 1 aromatic carbocycles. The number of benzene rings is 1. The molecule has 0 amide bonds. The van der Waals surface area contributed by atoms with Crippen molar-refractivity contribution in [3.63, 3.8) is 0 Å². The Balaban J connectivity index is 2.51. The zero-order valence-electron chi connectivity index (χ0n) is 9.74. The van der Waals surface area contributed by atoms with Crippen LogP contribution in [0, 0.1) is 0 Å². The van der Waals surface area contributed by atoms with Crippen molar-refractivity contribution in [2.75, 3.05) is 0 Å². The molecule has 3 nitrogen and oxygen atoms in total. The molecule has 0 saturated carbocycles. The van der Waals surface area contributed by atoms with E-state index < -0.39 is 0 Å². The molecular formula is C13H15NO2. The van der Waals surface area contributed by atoms with Crippen molar-refractivity contribution in [2.45, 2.75) is 32.6 Å². The van der Waals surface area contributed by atoms with Crippen molar-refractivity contribution < 1.29 is 10.0 Å². The summed E-state index contributed by atoms with van der Waals surface area (Å²) in [5.41, 5.74) is 3.01. The molecule has 2 rings (SSSR count). The van der Waals surface area contributed by atoms with E-state index in [4.69, 9.17) is 5.21 Å². The van der Waals surface area contributed by atoms with Crippen molar-refractivity contribution in [3.8, 4) is 0 Å². The lowest BCUT2D eigenvalue weighted by molar-refractivity contribution is 0.106. The fourth-order valence-electron chi connectivity index (χ4n) is 1.91. The number of Topliss-reactive ketones (excluding diaryl/α,β-unsaturated/α-hetero) is 1. The average molecular weight is 217 g/mol. The smallest absolute Gasteiger partial charge is 0.211 e. The molecule has 3 heteroatoms. The first-order valence-electron chi connectivity index (χ1n) is 5.32. The molecule has 0 heterocycles. The molecule has 0 fully saturated rings. The van der Waals surface area contributed by atoms with E-state index in [-0.39, 0.29) is 16.9 Å². The van der Waals surface area contributed by atoms with Gasteiger partial charge in [0.25, 0.3) is 0 Å². The third-order valence-electron chi connectivity index (χ3n) is 2.96. The van der Waals surface area contributed by atoms with Crippen LogP contribution in [0.25, 0.3) is 0 Å². The molecule has 16 heavy (non-hydrogen) atoms. The summed E-state index contributed by atoms with van der Waals surface area (Å²) in [6.07, 6.45) is 0.440. The van der Waals surface area contributed by atoms with E-state index in [9.17, 15) is 4.79 Å². The summed E-state index contributed by atoms with van der Waals surface area (Å²) < 4.78 is 0. The van der Waals surface area contributed by atoms with Gasteiger partial charge in [0.2, 0.25) is 5.78 Å². The number of rotatable bonds is 0. The first-order chi connectivity index (χ1) is 7.43. The maximum absolute atomic E-state index is 11.8. The van der Waals surface area contributed by atoms with E-state index in [1.807, 2.05) is 18.2 Å². The number of carbonyl (C=O) groups is 1. The number of fused-ring (bicyclic) bond motifs is 1. The molecule has 84 valence electrons. The van der Waals surface area contributed by atoms with Gasteiger partial charge in [-0.25, -0.2) is 0 Å². The van der Waals surface area contributed by atoms with Crippen LogP contribution in [0.4, 0.5) is 0 Å². The highest BCUT2D eigenvalue weighted by atomic mass is 16.4. The Kier molecular flexibility index (Phi) is 2.34. The summed E-state index contributed by atoms with van der Waals surface area (Å²) in [5.74, 6) is -0.149. The van der Waals surface area contributed by atoms with Crippen LogP contribution in [0.1, 0.15) is 42.3 Å². The standard InChI is InChI=1S/C13H15NO2/c1-13(2,3)9-5-4-8-6-11(14-16)12(15)10(8)7-9/h4-5,7,16H,6H2,1-3H3/b14-11+. The van der Waals surface area contributed by atoms with Gasteiger partial charge in [-0.2, -0.15) is 0 Å². The van der Waals surface area contributed by atoms with Crippen molar-refractivity contribution in [3.05, 3.63) is 34.9 Å². The first-order valence-corrected chi connectivity index (χ1v) is 5.32. The van der Waals surface area contributed by atoms with Crippen molar-refractivity contribution >= 4 is 11.5 Å². The Morgan fingerprint density at radius 2 is 2.00 bits per heavy atom. The van der Waals surface area contributed by atoms with E-state index in [1.54, 1.807) is 0 Å². The van der Waals surface area contributed by atoms with E-state index in [0.29, 0.717) is 12.0 Å². The molecule has 0 radical (unpaired) electrons. The highest BCUT2D eigenvalue weighted by Gasteiger charge is 2.28. The van der Waals surface area contributed by atoms with E-state index in [1.165, 1.54) is 0 Å². The van der Waals surface area contributed by atoms with Gasteiger partial charge in [0.15, 0.2) is 0 Å². The van der Waals surface area contributed by atoms with Gasteiger partial charge < -0.3 is 5.21 Å². The summed E-state index contributed by atoms with van der Waals surface area (Å²) in [7, 11) is 0. The molecule has 1 aliphatic rings. The van der Waals surface area contributed by atoms with Gasteiger partial charge in [0.1, 0.15) is 5.71 Å².